The molecule has 0 spiro atoms. The second-order valence-electron chi connectivity index (χ2n) is 8.65. The molecule has 3 aromatic rings. The fourth-order valence-electron chi connectivity index (χ4n) is 5.28. The zero-order valence-electron chi connectivity index (χ0n) is 17.5. The van der Waals surface area contributed by atoms with Crippen LogP contribution in [0, 0.1) is 0 Å². The molecule has 3 aliphatic heterocycles. The number of phenols is 1. The molecule has 2 aliphatic carbocycles. The van der Waals surface area contributed by atoms with Crippen LogP contribution in [0.25, 0.3) is 22.6 Å². The van der Waals surface area contributed by atoms with E-state index in [0.717, 1.165) is 22.3 Å². The Balaban J connectivity index is 1.59. The van der Waals surface area contributed by atoms with Crippen molar-refractivity contribution in [1.29, 1.82) is 0 Å². The van der Waals surface area contributed by atoms with Crippen molar-refractivity contribution in [3.8, 4) is 17.2 Å². The highest BCUT2D eigenvalue weighted by Gasteiger charge is 2.58. The van der Waals surface area contributed by atoms with Gasteiger partial charge >= 0.3 is 0 Å². The van der Waals surface area contributed by atoms with Crippen molar-refractivity contribution in [3.05, 3.63) is 117 Å². The summed E-state index contributed by atoms with van der Waals surface area (Å²) in [4.78, 5) is 30.4. The number of benzene rings is 4. The van der Waals surface area contributed by atoms with E-state index in [0.29, 0.717) is 28.1 Å². The zero-order chi connectivity index (χ0) is 22.4. The number of hydrogen-bond acceptors (Lipinski definition) is 6. The first-order valence-electron chi connectivity index (χ1n) is 10.7. The molecule has 0 aromatic heterocycles. The summed E-state index contributed by atoms with van der Waals surface area (Å²) < 4.78 is 5.89. The van der Waals surface area contributed by atoms with E-state index in [1.165, 1.54) is 12.1 Å². The summed E-state index contributed by atoms with van der Waals surface area (Å²) in [6.07, 6.45) is 0. The minimum Gasteiger partial charge on any atom is -0.508 e. The van der Waals surface area contributed by atoms with E-state index < -0.39 is 11.2 Å². The molecule has 2 bridgehead atoms. The first-order valence-corrected chi connectivity index (χ1v) is 10.7. The molecule has 0 radical (unpaired) electrons. The van der Waals surface area contributed by atoms with Crippen molar-refractivity contribution < 1.29 is 19.3 Å². The van der Waals surface area contributed by atoms with Crippen LogP contribution in [-0.4, -0.2) is 10.1 Å². The molecule has 160 valence electrons. The molecule has 0 fully saturated rings. The van der Waals surface area contributed by atoms with Crippen LogP contribution >= 0.6 is 0 Å². The Morgan fingerprint density at radius 3 is 2.15 bits per heavy atom. The lowest BCUT2D eigenvalue weighted by atomic mass is 9.65. The molecule has 6 nitrogen and oxygen atoms in total. The summed E-state index contributed by atoms with van der Waals surface area (Å²) in [7, 11) is 0. The van der Waals surface area contributed by atoms with Crippen molar-refractivity contribution in [2.24, 2.45) is 0 Å². The van der Waals surface area contributed by atoms with Gasteiger partial charge in [0.15, 0.2) is 28.0 Å². The third-order valence-corrected chi connectivity index (χ3v) is 6.82. The normalized spacial score (nSPS) is 22.9. The predicted molar refractivity (Wildman–Crippen MR) is 120 cm³/mol. The van der Waals surface area contributed by atoms with Crippen molar-refractivity contribution in [3.63, 3.8) is 0 Å². The number of fused-ring (bicyclic) bond motifs is 3. The standard InChI is InChI=1S/C27H17NO5/c1-26-16-6-2-4-8-18(16)27(33-32-26,19-9-5-3-7-17(19)26)20-13-22-25(14-23(20)30)31-24-12-15(29)10-11-21(24)28-22/h2-14,29H,1H3. The lowest BCUT2D eigenvalue weighted by Gasteiger charge is -2.52. The Bertz CT molecular complexity index is 1590. The van der Waals surface area contributed by atoms with Gasteiger partial charge in [0, 0.05) is 28.8 Å². The van der Waals surface area contributed by atoms with Crippen LogP contribution in [0.4, 0.5) is 0 Å². The summed E-state index contributed by atoms with van der Waals surface area (Å²) >= 11 is 0. The summed E-state index contributed by atoms with van der Waals surface area (Å²) in [5, 5.41) is 9.77. The van der Waals surface area contributed by atoms with Crippen molar-refractivity contribution in [2.75, 3.05) is 0 Å². The second kappa shape index (κ2) is 6.07. The molecule has 0 atom stereocenters. The Kier molecular flexibility index (Phi) is 3.41. The highest BCUT2D eigenvalue weighted by molar-refractivity contribution is 5.78. The quantitative estimate of drug-likeness (QED) is 0.300. The van der Waals surface area contributed by atoms with Crippen LogP contribution in [0.15, 0.2) is 88.1 Å². The lowest BCUT2D eigenvalue weighted by Crippen LogP contribution is -2.53. The number of phenolic OH excluding ortho intramolecular Hbond substituents is 1. The van der Waals surface area contributed by atoms with Crippen molar-refractivity contribution in [2.45, 2.75) is 18.1 Å². The molecule has 0 saturated heterocycles. The maximum Gasteiger partial charge on any atom is 0.189 e. The average molecular weight is 435 g/mol. The number of aromatic nitrogens is 1. The average Bonchev–Trinajstić information content (AvgIpc) is 2.83. The Morgan fingerprint density at radius 2 is 1.45 bits per heavy atom. The molecule has 0 saturated carbocycles. The van der Waals surface area contributed by atoms with Crippen molar-refractivity contribution >= 4 is 11.1 Å². The minimum atomic E-state index is -1.23. The Hall–Kier alpha value is -4.00. The fourth-order valence-corrected chi connectivity index (χ4v) is 5.28. The molecule has 1 N–H and O–H groups in total. The van der Waals surface area contributed by atoms with Gasteiger partial charge in [-0.2, -0.15) is 0 Å². The molecule has 3 aromatic carbocycles. The Morgan fingerprint density at radius 1 is 0.788 bits per heavy atom. The van der Waals surface area contributed by atoms with Crippen LogP contribution in [0.3, 0.4) is 0 Å². The van der Waals surface area contributed by atoms with Crippen LogP contribution in [0.5, 0.6) is 5.75 Å². The van der Waals surface area contributed by atoms with Gasteiger partial charge < -0.3 is 9.52 Å². The topological polar surface area (TPSA) is 81.8 Å². The van der Waals surface area contributed by atoms with Gasteiger partial charge in [-0.3, -0.25) is 4.79 Å². The summed E-state index contributed by atoms with van der Waals surface area (Å²) in [6, 6.07) is 23.6. The third kappa shape index (κ3) is 2.24. The van der Waals surface area contributed by atoms with E-state index >= 15 is 0 Å². The molecule has 3 heterocycles. The summed E-state index contributed by atoms with van der Waals surface area (Å²) in [6.45, 7) is 1.98. The Labute approximate surface area is 187 Å². The molecule has 0 unspecified atom stereocenters. The van der Waals surface area contributed by atoms with Crippen LogP contribution < -0.4 is 5.43 Å². The lowest BCUT2D eigenvalue weighted by molar-refractivity contribution is -0.415. The van der Waals surface area contributed by atoms with Gasteiger partial charge in [-0.1, -0.05) is 48.5 Å². The molecule has 6 heteroatoms. The van der Waals surface area contributed by atoms with Crippen LogP contribution in [-0.2, 0) is 21.0 Å². The molecular formula is C27H17NO5. The number of hydrogen-bond donors (Lipinski definition) is 1. The van der Waals surface area contributed by atoms with Gasteiger partial charge in [0.1, 0.15) is 17.0 Å². The number of nitrogens with zero attached hydrogens (tertiary/aromatic N) is 1. The van der Waals surface area contributed by atoms with Crippen LogP contribution in [0.1, 0.15) is 34.7 Å². The van der Waals surface area contributed by atoms with E-state index in [4.69, 9.17) is 14.2 Å². The number of rotatable bonds is 1. The molecule has 0 amide bonds. The molecule has 33 heavy (non-hydrogen) atoms. The molecule has 8 rings (SSSR count). The highest BCUT2D eigenvalue weighted by Crippen LogP contribution is 2.58. The van der Waals surface area contributed by atoms with E-state index in [1.54, 1.807) is 18.2 Å². The first-order chi connectivity index (χ1) is 16.0. The van der Waals surface area contributed by atoms with Gasteiger partial charge in [-0.25, -0.2) is 14.8 Å². The van der Waals surface area contributed by atoms with Gasteiger partial charge in [0.2, 0.25) is 0 Å². The second-order valence-corrected chi connectivity index (χ2v) is 8.65. The van der Waals surface area contributed by atoms with Crippen molar-refractivity contribution in [1.82, 2.24) is 4.98 Å². The SMILES string of the molecule is CC12OOC(c3cc4nc5ccc(O)cc5oc-4cc3=O)(c3ccccc31)c1ccccc12. The third-order valence-electron chi connectivity index (χ3n) is 6.82. The van der Waals surface area contributed by atoms with E-state index in [9.17, 15) is 9.90 Å². The highest BCUT2D eigenvalue weighted by atomic mass is 17.2. The molecule has 5 aliphatic rings. The minimum absolute atomic E-state index is 0.0662. The predicted octanol–water partition coefficient (Wildman–Crippen LogP) is 4.83. The van der Waals surface area contributed by atoms with Gasteiger partial charge in [0.05, 0.1) is 0 Å². The van der Waals surface area contributed by atoms with Gasteiger partial charge in [0.25, 0.3) is 0 Å². The van der Waals surface area contributed by atoms with E-state index in [-0.39, 0.29) is 11.2 Å². The van der Waals surface area contributed by atoms with Gasteiger partial charge in [-0.05, 0) is 36.2 Å². The number of aromatic hydroxyl groups is 1. The first kappa shape index (κ1) is 18.6. The smallest absolute Gasteiger partial charge is 0.189 e. The summed E-state index contributed by atoms with van der Waals surface area (Å²) in [5.74, 6) is 0.397. The fraction of sp³-hybridized carbons (Fsp3) is 0.111. The van der Waals surface area contributed by atoms with E-state index in [2.05, 4.69) is 4.98 Å². The van der Waals surface area contributed by atoms with Crippen LogP contribution in [0.2, 0.25) is 0 Å². The zero-order valence-corrected chi connectivity index (χ0v) is 17.5. The molecular weight excluding hydrogens is 418 g/mol. The summed E-state index contributed by atoms with van der Waals surface area (Å²) in [5.41, 5.74) is 3.27. The van der Waals surface area contributed by atoms with E-state index in [1.807, 2.05) is 55.5 Å². The maximum atomic E-state index is 13.5. The largest absolute Gasteiger partial charge is 0.508 e. The maximum absolute atomic E-state index is 13.5. The van der Waals surface area contributed by atoms with Gasteiger partial charge in [-0.15, -0.1) is 0 Å². The monoisotopic (exact) mass is 435 g/mol.